The molecule has 4 nitrogen and oxygen atoms in total. The number of rotatable bonds is 3. The maximum atomic E-state index is 14.6. The Morgan fingerprint density at radius 2 is 1.90 bits per heavy atom. The Balaban J connectivity index is 2.04. The number of methoxy groups -OCH3 is 1. The monoisotopic (exact) mass is 298 g/mol. The lowest BCUT2D eigenvalue weighted by molar-refractivity contribution is -0.141. The fourth-order valence-electron chi connectivity index (χ4n) is 2.75. The van der Waals surface area contributed by atoms with E-state index in [0.717, 1.165) is 6.42 Å². The molecule has 1 aliphatic carbocycles. The van der Waals surface area contributed by atoms with Crippen LogP contribution < -0.4 is 0 Å². The first-order valence-electron chi connectivity index (χ1n) is 7.46. The van der Waals surface area contributed by atoms with E-state index in [1.54, 1.807) is 0 Å². The maximum absolute atomic E-state index is 14.6. The first-order valence-corrected chi connectivity index (χ1v) is 7.46. The minimum absolute atomic E-state index is 0.153. The smallest absolute Gasteiger partial charge is 0.469 e. The summed E-state index contributed by atoms with van der Waals surface area (Å²) in [4.78, 5) is 11.3. The zero-order valence-electron chi connectivity index (χ0n) is 13.5. The molecular weight excluding hydrogens is 274 g/mol. The fourth-order valence-corrected chi connectivity index (χ4v) is 2.75. The van der Waals surface area contributed by atoms with Crippen LogP contribution in [0.4, 0.5) is 4.39 Å². The topological polar surface area (TPSA) is 44.8 Å². The van der Waals surface area contributed by atoms with Crippen LogP contribution in [0.5, 0.6) is 0 Å². The van der Waals surface area contributed by atoms with Gasteiger partial charge < -0.3 is 14.0 Å². The minimum atomic E-state index is -0.929. The van der Waals surface area contributed by atoms with E-state index in [2.05, 4.69) is 4.74 Å². The zero-order valence-corrected chi connectivity index (χ0v) is 13.5. The van der Waals surface area contributed by atoms with Crippen LogP contribution in [0.25, 0.3) is 0 Å². The molecule has 1 saturated carbocycles. The molecule has 2 aliphatic rings. The Morgan fingerprint density at radius 1 is 1.33 bits per heavy atom. The van der Waals surface area contributed by atoms with Gasteiger partial charge in [-0.25, -0.2) is 4.39 Å². The number of carbonyl (C=O) groups excluding carboxylic acids is 1. The van der Waals surface area contributed by atoms with Crippen LogP contribution in [-0.2, 0) is 18.8 Å². The molecule has 1 saturated heterocycles. The third-order valence-electron chi connectivity index (χ3n) is 4.87. The number of hydrogen-bond donors (Lipinski definition) is 0. The van der Waals surface area contributed by atoms with Gasteiger partial charge in [0.1, 0.15) is 5.73 Å². The summed E-state index contributed by atoms with van der Waals surface area (Å²) in [6.07, 6.45) is 2.37. The van der Waals surface area contributed by atoms with Gasteiger partial charge in [-0.2, -0.15) is 0 Å². The molecule has 1 atom stereocenters. The molecule has 0 radical (unpaired) electrons. The highest BCUT2D eigenvalue weighted by atomic mass is 19.1. The van der Waals surface area contributed by atoms with Crippen molar-refractivity contribution in [2.45, 2.75) is 64.6 Å². The quantitative estimate of drug-likeness (QED) is 0.593. The molecule has 0 amide bonds. The molecular formula is C15H24BFO4. The van der Waals surface area contributed by atoms with E-state index < -0.39 is 18.3 Å². The van der Waals surface area contributed by atoms with Crippen molar-refractivity contribution in [2.24, 2.45) is 5.92 Å². The summed E-state index contributed by atoms with van der Waals surface area (Å²) in [5.41, 5.74) is -0.692. The lowest BCUT2D eigenvalue weighted by Gasteiger charge is -2.32. The van der Waals surface area contributed by atoms with Crippen LogP contribution in [0, 0.1) is 5.92 Å². The molecule has 0 N–H and O–H groups in total. The SMILES string of the molecule is COC(=O)CC1CCC(=C(F)B2OC(C)(C)C(C)(C)O2)C1. The third-order valence-corrected chi connectivity index (χ3v) is 4.87. The fraction of sp³-hybridized carbons (Fsp3) is 0.800. The molecule has 118 valence electrons. The first kappa shape index (κ1) is 16.5. The maximum Gasteiger partial charge on any atom is 0.525 e. The minimum Gasteiger partial charge on any atom is -0.469 e. The van der Waals surface area contributed by atoms with Crippen LogP contribution in [0.1, 0.15) is 53.4 Å². The van der Waals surface area contributed by atoms with Crippen LogP contribution in [0.15, 0.2) is 11.3 Å². The Bertz CT molecular complexity index is 443. The van der Waals surface area contributed by atoms with E-state index in [-0.39, 0.29) is 17.6 Å². The summed E-state index contributed by atoms with van der Waals surface area (Å²) in [7, 11) is 0.445. The van der Waals surface area contributed by atoms with E-state index in [4.69, 9.17) is 9.31 Å². The molecule has 0 bridgehead atoms. The second-order valence-electron chi connectivity index (χ2n) is 6.93. The molecule has 0 spiro atoms. The molecule has 21 heavy (non-hydrogen) atoms. The van der Waals surface area contributed by atoms with Gasteiger partial charge in [-0.05, 0) is 58.4 Å². The molecule has 0 aromatic rings. The molecule has 2 fully saturated rings. The standard InChI is InChI=1S/C15H24BFO4/c1-14(2)15(3,4)21-16(20-14)13(17)11-7-6-10(8-11)9-12(18)19-5/h10H,6-9H2,1-5H3. The van der Waals surface area contributed by atoms with Gasteiger partial charge >= 0.3 is 13.1 Å². The van der Waals surface area contributed by atoms with Gasteiger partial charge in [0.25, 0.3) is 0 Å². The van der Waals surface area contributed by atoms with Crippen molar-refractivity contribution in [1.29, 1.82) is 0 Å². The molecule has 1 unspecified atom stereocenters. The molecule has 1 aliphatic heterocycles. The van der Waals surface area contributed by atoms with Crippen LogP contribution in [0.2, 0.25) is 0 Å². The van der Waals surface area contributed by atoms with Gasteiger partial charge in [-0.3, -0.25) is 4.79 Å². The molecule has 6 heteroatoms. The first-order chi connectivity index (χ1) is 9.66. The van der Waals surface area contributed by atoms with Gasteiger partial charge in [-0.1, -0.05) is 0 Å². The van der Waals surface area contributed by atoms with E-state index in [1.165, 1.54) is 7.11 Å². The number of halogens is 1. The Morgan fingerprint density at radius 3 is 2.43 bits per heavy atom. The predicted molar refractivity (Wildman–Crippen MR) is 78.2 cm³/mol. The average Bonchev–Trinajstić information content (AvgIpc) is 2.92. The largest absolute Gasteiger partial charge is 0.525 e. The molecule has 0 aromatic carbocycles. The highest BCUT2D eigenvalue weighted by Gasteiger charge is 2.53. The van der Waals surface area contributed by atoms with Gasteiger partial charge in [0.05, 0.1) is 18.3 Å². The number of allylic oxidation sites excluding steroid dienone is 1. The number of ether oxygens (including phenoxy) is 1. The van der Waals surface area contributed by atoms with E-state index in [9.17, 15) is 9.18 Å². The van der Waals surface area contributed by atoms with Gasteiger partial charge in [-0.15, -0.1) is 0 Å². The van der Waals surface area contributed by atoms with Gasteiger partial charge in [0.2, 0.25) is 0 Å². The lowest BCUT2D eigenvalue weighted by Crippen LogP contribution is -2.41. The lowest BCUT2D eigenvalue weighted by atomic mass is 9.84. The van der Waals surface area contributed by atoms with Crippen LogP contribution in [0.3, 0.4) is 0 Å². The van der Waals surface area contributed by atoms with Crippen LogP contribution >= 0.6 is 0 Å². The van der Waals surface area contributed by atoms with Crippen molar-refractivity contribution in [3.05, 3.63) is 11.3 Å². The van der Waals surface area contributed by atoms with E-state index in [0.29, 0.717) is 24.8 Å². The van der Waals surface area contributed by atoms with E-state index in [1.807, 2.05) is 27.7 Å². The highest BCUT2D eigenvalue weighted by molar-refractivity contribution is 6.53. The van der Waals surface area contributed by atoms with Crippen molar-refractivity contribution in [2.75, 3.05) is 7.11 Å². The van der Waals surface area contributed by atoms with Crippen molar-refractivity contribution >= 4 is 13.1 Å². The van der Waals surface area contributed by atoms with Crippen molar-refractivity contribution in [3.8, 4) is 0 Å². The predicted octanol–water partition coefficient (Wildman–Crippen LogP) is 3.20. The Hall–Kier alpha value is -0.875. The Kier molecular flexibility index (Phi) is 4.50. The molecule has 0 aromatic heterocycles. The van der Waals surface area contributed by atoms with Crippen molar-refractivity contribution in [3.63, 3.8) is 0 Å². The van der Waals surface area contributed by atoms with Crippen molar-refractivity contribution < 1.29 is 23.2 Å². The summed E-state index contributed by atoms with van der Waals surface area (Å²) >= 11 is 0. The van der Waals surface area contributed by atoms with E-state index >= 15 is 0 Å². The second kappa shape index (κ2) is 5.73. The summed E-state index contributed by atoms with van der Waals surface area (Å²) in [6.45, 7) is 7.61. The summed E-state index contributed by atoms with van der Waals surface area (Å²) in [5.74, 6) is -0.0853. The second-order valence-corrected chi connectivity index (χ2v) is 6.93. The number of esters is 1. The third kappa shape index (κ3) is 3.32. The Labute approximate surface area is 126 Å². The van der Waals surface area contributed by atoms with Crippen LogP contribution in [-0.4, -0.2) is 31.4 Å². The summed E-state index contributed by atoms with van der Waals surface area (Å²) < 4.78 is 30.7. The van der Waals surface area contributed by atoms with Crippen molar-refractivity contribution in [1.82, 2.24) is 0 Å². The average molecular weight is 298 g/mol. The van der Waals surface area contributed by atoms with Gasteiger partial charge in [0, 0.05) is 6.42 Å². The number of carbonyl (C=O) groups is 1. The summed E-state index contributed by atoms with van der Waals surface area (Å²) in [5, 5.41) is 0. The summed E-state index contributed by atoms with van der Waals surface area (Å²) in [6, 6.07) is 0. The van der Waals surface area contributed by atoms with Gasteiger partial charge in [0.15, 0.2) is 0 Å². The number of hydrogen-bond acceptors (Lipinski definition) is 4. The molecule has 1 heterocycles. The zero-order chi connectivity index (χ0) is 15.8. The normalized spacial score (nSPS) is 29.6. The highest BCUT2D eigenvalue weighted by Crippen LogP contribution is 2.42. The molecule has 2 rings (SSSR count).